The van der Waals surface area contributed by atoms with Gasteiger partial charge in [0.25, 0.3) is 5.69 Å². The van der Waals surface area contributed by atoms with Gasteiger partial charge in [-0.3, -0.25) is 10.1 Å². The summed E-state index contributed by atoms with van der Waals surface area (Å²) < 4.78 is 10.00. The van der Waals surface area contributed by atoms with Crippen LogP contribution in [0.5, 0.6) is 0 Å². The number of nitro benzene ring substituents is 1. The molecular formula is C16H16ClN3O7. The van der Waals surface area contributed by atoms with Crippen molar-refractivity contribution in [1.29, 1.82) is 0 Å². The summed E-state index contributed by atoms with van der Waals surface area (Å²) in [6, 6.07) is 2.24. The van der Waals surface area contributed by atoms with Crippen molar-refractivity contribution in [1.82, 2.24) is 10.6 Å². The molecule has 1 aliphatic heterocycles. The van der Waals surface area contributed by atoms with Crippen molar-refractivity contribution in [3.63, 3.8) is 0 Å². The van der Waals surface area contributed by atoms with Gasteiger partial charge in [0, 0.05) is 11.1 Å². The van der Waals surface area contributed by atoms with Crippen molar-refractivity contribution in [2.24, 2.45) is 0 Å². The van der Waals surface area contributed by atoms with E-state index in [1.54, 1.807) is 13.8 Å². The van der Waals surface area contributed by atoms with E-state index in [2.05, 4.69) is 10.6 Å². The normalized spacial score (nSPS) is 16.3. The number of nitrogens with zero attached hydrogens (tertiary/aromatic N) is 1. The summed E-state index contributed by atoms with van der Waals surface area (Å²) in [4.78, 5) is 46.3. The summed E-state index contributed by atoms with van der Waals surface area (Å²) in [5.74, 6) is -1.68. The molecule has 27 heavy (non-hydrogen) atoms. The zero-order valence-electron chi connectivity index (χ0n) is 14.4. The van der Waals surface area contributed by atoms with Gasteiger partial charge >= 0.3 is 18.0 Å². The zero-order chi connectivity index (χ0) is 20.1. The number of esters is 2. The molecule has 1 aliphatic rings. The molecule has 2 amide bonds. The maximum atomic E-state index is 12.3. The van der Waals surface area contributed by atoms with Gasteiger partial charge in [-0.15, -0.1) is 0 Å². The van der Waals surface area contributed by atoms with E-state index in [1.807, 2.05) is 0 Å². The number of amides is 2. The highest BCUT2D eigenvalue weighted by Gasteiger charge is 2.31. The first-order chi connectivity index (χ1) is 12.7. The van der Waals surface area contributed by atoms with Crippen LogP contribution in [-0.4, -0.2) is 42.1 Å². The van der Waals surface area contributed by atoms with Gasteiger partial charge in [-0.1, -0.05) is 11.6 Å². The molecule has 0 spiro atoms. The second-order valence-corrected chi connectivity index (χ2v) is 5.86. The first-order valence-corrected chi connectivity index (χ1v) is 8.21. The number of halogens is 1. The van der Waals surface area contributed by atoms with Gasteiger partial charge in [-0.05, 0) is 26.0 Å². The topological polar surface area (TPSA) is 137 Å². The van der Waals surface area contributed by atoms with Gasteiger partial charge in [0.2, 0.25) is 0 Å². The van der Waals surface area contributed by atoms with Gasteiger partial charge in [0.15, 0.2) is 0 Å². The van der Waals surface area contributed by atoms with Crippen molar-refractivity contribution < 1.29 is 28.8 Å². The minimum Gasteiger partial charge on any atom is -0.463 e. The molecule has 0 radical (unpaired) electrons. The van der Waals surface area contributed by atoms with Crippen LogP contribution in [0, 0.1) is 10.1 Å². The van der Waals surface area contributed by atoms with Crippen LogP contribution in [0.4, 0.5) is 10.5 Å². The summed E-state index contributed by atoms with van der Waals surface area (Å²) >= 11 is 5.71. The molecule has 1 atom stereocenters. The fraction of sp³-hybridized carbons (Fsp3) is 0.312. The molecule has 1 heterocycles. The lowest BCUT2D eigenvalue weighted by molar-refractivity contribution is -0.385. The van der Waals surface area contributed by atoms with Crippen LogP contribution in [0.3, 0.4) is 0 Å². The fourth-order valence-corrected chi connectivity index (χ4v) is 2.60. The van der Waals surface area contributed by atoms with Crippen LogP contribution in [0.15, 0.2) is 29.5 Å². The number of carbonyl (C=O) groups excluding carboxylic acids is 3. The quantitative estimate of drug-likeness (QED) is 0.425. The molecule has 0 saturated carbocycles. The Hall–Kier alpha value is -3.14. The molecule has 0 aliphatic carbocycles. The van der Waals surface area contributed by atoms with Gasteiger partial charge in [-0.25, -0.2) is 14.4 Å². The van der Waals surface area contributed by atoms with Crippen LogP contribution in [-0.2, 0) is 14.3 Å². The number of nitro groups is 1. The molecule has 0 saturated heterocycles. The molecular weight excluding hydrogens is 382 g/mol. The largest absolute Gasteiger partial charge is 0.463 e. The van der Waals surface area contributed by atoms with E-state index in [0.717, 1.165) is 12.1 Å². The summed E-state index contributed by atoms with van der Waals surface area (Å²) in [5, 5.41) is 16.1. The Morgan fingerprint density at radius 3 is 2.63 bits per heavy atom. The molecule has 2 rings (SSSR count). The van der Waals surface area contributed by atoms with E-state index < -0.39 is 41.2 Å². The Labute approximate surface area is 158 Å². The maximum absolute atomic E-state index is 12.3. The van der Waals surface area contributed by atoms with Crippen molar-refractivity contribution in [3.05, 3.63) is 50.2 Å². The Kier molecular flexibility index (Phi) is 6.35. The third-order valence-electron chi connectivity index (χ3n) is 3.59. The second-order valence-electron chi connectivity index (χ2n) is 5.43. The minimum absolute atomic E-state index is 0.0367. The molecule has 144 valence electrons. The highest BCUT2D eigenvalue weighted by atomic mass is 35.5. The average Bonchev–Trinajstić information content (AvgIpc) is 2.59. The first kappa shape index (κ1) is 20.2. The SMILES string of the molecule is CCOC(=O)C1=C(COC(=O)c2ccc(Cl)cc2[N+](=O)[O-])NC(=O)N[C@H]1C. The highest BCUT2D eigenvalue weighted by Crippen LogP contribution is 2.24. The number of carbonyl (C=O) groups is 3. The zero-order valence-corrected chi connectivity index (χ0v) is 15.2. The van der Waals surface area contributed by atoms with E-state index >= 15 is 0 Å². The van der Waals surface area contributed by atoms with E-state index in [0.29, 0.717) is 0 Å². The lowest BCUT2D eigenvalue weighted by atomic mass is 10.0. The molecule has 0 unspecified atom stereocenters. The fourth-order valence-electron chi connectivity index (χ4n) is 2.44. The predicted molar refractivity (Wildman–Crippen MR) is 93.2 cm³/mol. The minimum atomic E-state index is -1.01. The van der Waals surface area contributed by atoms with Crippen molar-refractivity contribution in [2.75, 3.05) is 13.2 Å². The van der Waals surface area contributed by atoms with Crippen LogP contribution in [0.25, 0.3) is 0 Å². The monoisotopic (exact) mass is 397 g/mol. The molecule has 11 heteroatoms. The van der Waals surface area contributed by atoms with Gasteiger partial charge in [0.05, 0.1) is 28.8 Å². The van der Waals surface area contributed by atoms with Gasteiger partial charge in [-0.2, -0.15) is 0 Å². The van der Waals surface area contributed by atoms with Crippen molar-refractivity contribution >= 4 is 35.3 Å². The highest BCUT2D eigenvalue weighted by molar-refractivity contribution is 6.31. The number of urea groups is 1. The summed E-state index contributed by atoms with van der Waals surface area (Å²) in [6.45, 7) is 2.83. The van der Waals surface area contributed by atoms with Crippen molar-refractivity contribution in [2.45, 2.75) is 19.9 Å². The molecule has 0 bridgehead atoms. The summed E-state index contributed by atoms with van der Waals surface area (Å²) in [5.41, 5.74) is -0.699. The standard InChI is InChI=1S/C16H16ClN3O7/c1-3-26-15(22)13-8(2)18-16(23)19-11(13)7-27-14(21)10-5-4-9(17)6-12(10)20(24)25/h4-6,8H,3,7H2,1-2H3,(H2,18,19,23)/t8-/m0/s1. The smallest absolute Gasteiger partial charge is 0.345 e. The number of benzene rings is 1. The Balaban J connectivity index is 2.26. The number of ether oxygens (including phenoxy) is 2. The predicted octanol–water partition coefficient (Wildman–Crippen LogP) is 1.92. The lowest BCUT2D eigenvalue weighted by Crippen LogP contribution is -2.50. The third kappa shape index (κ3) is 4.73. The van der Waals surface area contributed by atoms with E-state index in [-0.39, 0.29) is 28.5 Å². The molecule has 2 N–H and O–H groups in total. The first-order valence-electron chi connectivity index (χ1n) is 7.83. The Bertz CT molecular complexity index is 837. The number of hydrogen-bond acceptors (Lipinski definition) is 7. The number of nitrogens with one attached hydrogen (secondary N) is 2. The van der Waals surface area contributed by atoms with Gasteiger partial charge in [0.1, 0.15) is 12.2 Å². The van der Waals surface area contributed by atoms with Crippen LogP contribution in [0.2, 0.25) is 5.02 Å². The van der Waals surface area contributed by atoms with E-state index in [9.17, 15) is 24.5 Å². The molecule has 10 nitrogen and oxygen atoms in total. The molecule has 0 aromatic heterocycles. The third-order valence-corrected chi connectivity index (χ3v) is 3.82. The number of rotatable bonds is 6. The second kappa shape index (κ2) is 8.49. The van der Waals surface area contributed by atoms with Gasteiger partial charge < -0.3 is 20.1 Å². The van der Waals surface area contributed by atoms with Crippen LogP contribution >= 0.6 is 11.6 Å². The maximum Gasteiger partial charge on any atom is 0.345 e. The van der Waals surface area contributed by atoms with E-state index in [4.69, 9.17) is 21.1 Å². The average molecular weight is 398 g/mol. The van der Waals surface area contributed by atoms with Crippen molar-refractivity contribution in [3.8, 4) is 0 Å². The summed E-state index contributed by atoms with van der Waals surface area (Å²) in [6.07, 6.45) is 0. The van der Waals surface area contributed by atoms with Crippen LogP contribution < -0.4 is 10.6 Å². The molecule has 1 aromatic carbocycles. The lowest BCUT2D eigenvalue weighted by Gasteiger charge is -2.26. The molecule has 0 fully saturated rings. The van der Waals surface area contributed by atoms with E-state index in [1.165, 1.54) is 6.07 Å². The summed E-state index contributed by atoms with van der Waals surface area (Å²) in [7, 11) is 0. The molecule has 1 aromatic rings. The number of hydrogen-bond donors (Lipinski definition) is 2. The van der Waals surface area contributed by atoms with Crippen LogP contribution in [0.1, 0.15) is 24.2 Å². The Morgan fingerprint density at radius 2 is 2.00 bits per heavy atom. The Morgan fingerprint density at radius 1 is 1.30 bits per heavy atom.